The van der Waals surface area contributed by atoms with E-state index in [0.717, 1.165) is 31.1 Å². The Bertz CT molecular complexity index is 856. The molecule has 0 amide bonds. The highest BCUT2D eigenvalue weighted by Gasteiger charge is 2.26. The lowest BCUT2D eigenvalue weighted by atomic mass is 10.0. The number of rotatable bonds is 3. The molecule has 1 aliphatic heterocycles. The molecule has 2 aromatic carbocycles. The summed E-state index contributed by atoms with van der Waals surface area (Å²) in [4.78, 5) is 2.62. The van der Waals surface area contributed by atoms with Gasteiger partial charge >= 0.3 is 0 Å². The summed E-state index contributed by atoms with van der Waals surface area (Å²) in [6.07, 6.45) is 5.76. The van der Waals surface area contributed by atoms with Crippen molar-refractivity contribution in [3.05, 3.63) is 83.2 Å². The average molecular weight is 329 g/mol. The average Bonchev–Trinajstić information content (AvgIpc) is 3.25. The van der Waals surface area contributed by atoms with Crippen molar-refractivity contribution in [1.82, 2.24) is 14.7 Å². The Morgan fingerprint density at radius 1 is 0.880 bits per heavy atom. The first kappa shape index (κ1) is 14.9. The van der Waals surface area contributed by atoms with E-state index < -0.39 is 0 Å². The van der Waals surface area contributed by atoms with Gasteiger partial charge in [0.05, 0.1) is 11.4 Å². The summed E-state index contributed by atoms with van der Waals surface area (Å²) in [6.45, 7) is 3.37. The van der Waals surface area contributed by atoms with Crippen molar-refractivity contribution in [3.8, 4) is 5.69 Å². The molecule has 0 saturated carbocycles. The third-order valence-electron chi connectivity index (χ3n) is 5.61. The van der Waals surface area contributed by atoms with Crippen LogP contribution in [0.5, 0.6) is 0 Å². The SMILES string of the molecule is c1ccc(-n2cc3c(n2)CCN(CC2Cc4ccccc4C2)C3)cc1. The zero-order valence-electron chi connectivity index (χ0n) is 14.4. The molecule has 0 atom stereocenters. The zero-order chi connectivity index (χ0) is 16.6. The number of aromatic nitrogens is 2. The summed E-state index contributed by atoms with van der Waals surface area (Å²) in [5, 5.41) is 4.81. The van der Waals surface area contributed by atoms with E-state index in [4.69, 9.17) is 5.10 Å². The van der Waals surface area contributed by atoms with Gasteiger partial charge in [-0.2, -0.15) is 5.10 Å². The Kier molecular flexibility index (Phi) is 3.67. The third kappa shape index (κ3) is 2.89. The molecule has 0 fully saturated rings. The maximum Gasteiger partial charge on any atom is 0.0686 e. The molecule has 0 N–H and O–H groups in total. The van der Waals surface area contributed by atoms with Gasteiger partial charge in [-0.1, -0.05) is 42.5 Å². The molecule has 3 nitrogen and oxygen atoms in total. The number of benzene rings is 2. The minimum atomic E-state index is 0.767. The van der Waals surface area contributed by atoms with Crippen LogP contribution in [-0.2, 0) is 25.8 Å². The molecule has 1 aromatic heterocycles. The highest BCUT2D eigenvalue weighted by Crippen LogP contribution is 2.28. The Balaban J connectivity index is 1.28. The third-order valence-corrected chi connectivity index (χ3v) is 5.61. The van der Waals surface area contributed by atoms with E-state index in [-0.39, 0.29) is 0 Å². The van der Waals surface area contributed by atoms with E-state index in [0.29, 0.717) is 0 Å². The van der Waals surface area contributed by atoms with Crippen LogP contribution in [0.2, 0.25) is 0 Å². The molecule has 25 heavy (non-hydrogen) atoms. The lowest BCUT2D eigenvalue weighted by Crippen LogP contribution is -2.34. The molecule has 0 saturated heterocycles. The number of fused-ring (bicyclic) bond motifs is 2. The van der Waals surface area contributed by atoms with Crippen LogP contribution in [0.3, 0.4) is 0 Å². The number of para-hydroxylation sites is 1. The summed E-state index contributed by atoms with van der Waals surface area (Å²) in [7, 11) is 0. The quantitative estimate of drug-likeness (QED) is 0.731. The van der Waals surface area contributed by atoms with Crippen LogP contribution < -0.4 is 0 Å². The first-order valence-electron chi connectivity index (χ1n) is 9.27. The highest BCUT2D eigenvalue weighted by molar-refractivity contribution is 5.34. The molecule has 0 spiro atoms. The number of nitrogens with zero attached hydrogens (tertiary/aromatic N) is 3. The van der Waals surface area contributed by atoms with Crippen molar-refractivity contribution in [1.29, 1.82) is 0 Å². The molecule has 0 unspecified atom stereocenters. The summed E-state index contributed by atoms with van der Waals surface area (Å²) in [6, 6.07) is 19.4. The second kappa shape index (κ2) is 6.16. The van der Waals surface area contributed by atoms with Gasteiger partial charge in [-0.05, 0) is 42.0 Å². The van der Waals surface area contributed by atoms with Gasteiger partial charge in [0.2, 0.25) is 0 Å². The van der Waals surface area contributed by atoms with Gasteiger partial charge in [-0.3, -0.25) is 4.90 Å². The standard InChI is InChI=1S/C22H23N3/c1-2-8-21(9-3-1)25-16-20-15-24(11-10-22(20)23-25)14-17-12-18-6-4-5-7-19(18)13-17/h1-9,16-17H,10-15H2. The Hall–Kier alpha value is -2.39. The Morgan fingerprint density at radius 2 is 1.60 bits per heavy atom. The molecular weight excluding hydrogens is 306 g/mol. The molecule has 5 rings (SSSR count). The van der Waals surface area contributed by atoms with Crippen molar-refractivity contribution in [2.24, 2.45) is 5.92 Å². The van der Waals surface area contributed by atoms with Gasteiger partial charge in [0.25, 0.3) is 0 Å². The summed E-state index contributed by atoms with van der Waals surface area (Å²) < 4.78 is 2.04. The van der Waals surface area contributed by atoms with E-state index in [1.807, 2.05) is 10.7 Å². The fourth-order valence-corrected chi connectivity index (χ4v) is 4.38. The van der Waals surface area contributed by atoms with E-state index >= 15 is 0 Å². The van der Waals surface area contributed by atoms with Crippen LogP contribution in [0.1, 0.15) is 22.4 Å². The Labute approximate surface area is 148 Å². The molecule has 126 valence electrons. The van der Waals surface area contributed by atoms with E-state index in [2.05, 4.69) is 59.6 Å². The largest absolute Gasteiger partial charge is 0.298 e. The fraction of sp³-hybridized carbons (Fsp3) is 0.318. The molecule has 3 aromatic rings. The fourth-order valence-electron chi connectivity index (χ4n) is 4.38. The van der Waals surface area contributed by atoms with Crippen LogP contribution >= 0.6 is 0 Å². The summed E-state index contributed by atoms with van der Waals surface area (Å²) in [5.41, 5.74) is 6.93. The topological polar surface area (TPSA) is 21.1 Å². The van der Waals surface area contributed by atoms with Gasteiger partial charge in [0.15, 0.2) is 0 Å². The van der Waals surface area contributed by atoms with Crippen LogP contribution in [0, 0.1) is 5.92 Å². The van der Waals surface area contributed by atoms with E-state index in [9.17, 15) is 0 Å². The normalized spacial score (nSPS) is 17.4. The van der Waals surface area contributed by atoms with Crippen LogP contribution in [0.15, 0.2) is 60.8 Å². The van der Waals surface area contributed by atoms with Gasteiger partial charge in [0, 0.05) is 37.8 Å². The van der Waals surface area contributed by atoms with Gasteiger partial charge < -0.3 is 0 Å². The lowest BCUT2D eigenvalue weighted by molar-refractivity contribution is 0.215. The smallest absolute Gasteiger partial charge is 0.0686 e. The predicted octanol–water partition coefficient (Wildman–Crippen LogP) is 3.65. The van der Waals surface area contributed by atoms with Crippen LogP contribution in [0.25, 0.3) is 5.69 Å². The van der Waals surface area contributed by atoms with Crippen molar-refractivity contribution in [2.45, 2.75) is 25.8 Å². The highest BCUT2D eigenvalue weighted by atomic mass is 15.3. The van der Waals surface area contributed by atoms with Crippen molar-refractivity contribution < 1.29 is 0 Å². The van der Waals surface area contributed by atoms with E-state index in [1.54, 1.807) is 11.1 Å². The zero-order valence-corrected chi connectivity index (χ0v) is 14.4. The second-order valence-electron chi connectivity index (χ2n) is 7.41. The lowest BCUT2D eigenvalue weighted by Gasteiger charge is -2.28. The van der Waals surface area contributed by atoms with Gasteiger partial charge in [-0.15, -0.1) is 0 Å². The number of hydrogen-bond acceptors (Lipinski definition) is 2. The van der Waals surface area contributed by atoms with Gasteiger partial charge in [0.1, 0.15) is 0 Å². The van der Waals surface area contributed by atoms with Crippen LogP contribution in [0.4, 0.5) is 0 Å². The minimum absolute atomic E-state index is 0.767. The monoisotopic (exact) mass is 329 g/mol. The van der Waals surface area contributed by atoms with Crippen molar-refractivity contribution >= 4 is 0 Å². The summed E-state index contributed by atoms with van der Waals surface area (Å²) in [5.74, 6) is 0.767. The minimum Gasteiger partial charge on any atom is -0.298 e. The molecular formula is C22H23N3. The molecule has 0 bridgehead atoms. The molecule has 0 radical (unpaired) electrons. The Morgan fingerprint density at radius 3 is 2.36 bits per heavy atom. The predicted molar refractivity (Wildman–Crippen MR) is 99.9 cm³/mol. The van der Waals surface area contributed by atoms with Gasteiger partial charge in [-0.25, -0.2) is 4.68 Å². The molecule has 2 heterocycles. The maximum absolute atomic E-state index is 4.81. The van der Waals surface area contributed by atoms with Crippen molar-refractivity contribution in [3.63, 3.8) is 0 Å². The molecule has 3 heteroatoms. The van der Waals surface area contributed by atoms with E-state index in [1.165, 1.54) is 30.6 Å². The number of hydrogen-bond donors (Lipinski definition) is 0. The van der Waals surface area contributed by atoms with Crippen molar-refractivity contribution in [2.75, 3.05) is 13.1 Å². The second-order valence-corrected chi connectivity index (χ2v) is 7.41. The summed E-state index contributed by atoms with van der Waals surface area (Å²) >= 11 is 0. The molecule has 2 aliphatic rings. The van der Waals surface area contributed by atoms with Crippen LogP contribution in [-0.4, -0.2) is 27.8 Å². The molecule has 1 aliphatic carbocycles. The first-order chi connectivity index (χ1) is 12.3. The maximum atomic E-state index is 4.81. The first-order valence-corrected chi connectivity index (χ1v) is 9.27.